The van der Waals surface area contributed by atoms with E-state index in [-0.39, 0.29) is 12.1 Å². The van der Waals surface area contributed by atoms with Crippen LogP contribution in [0.3, 0.4) is 0 Å². The summed E-state index contributed by atoms with van der Waals surface area (Å²) < 4.78 is 6.69. The Kier molecular flexibility index (Phi) is 5.42. The lowest BCUT2D eigenvalue weighted by molar-refractivity contribution is 0.237. The number of rotatable bonds is 6. The van der Waals surface area contributed by atoms with Crippen LogP contribution in [-0.2, 0) is 13.5 Å². The number of carbonyl (C=O) groups excluding carboxylic acids is 1. The first-order valence-corrected chi connectivity index (χ1v) is 8.26. The van der Waals surface area contributed by atoms with E-state index in [1.54, 1.807) is 26.1 Å². The number of aromatic nitrogens is 6. The number of hydrogen-bond donors (Lipinski definition) is 2. The van der Waals surface area contributed by atoms with Gasteiger partial charge < -0.3 is 15.2 Å². The number of nitrogens with zero attached hydrogens (tertiary/aromatic N) is 6. The molecule has 2 N–H and O–H groups in total. The van der Waals surface area contributed by atoms with Crippen LogP contribution in [0.5, 0.6) is 0 Å². The highest BCUT2D eigenvalue weighted by atomic mass is 35.5. The molecule has 11 heteroatoms. The van der Waals surface area contributed by atoms with Crippen LogP contribution < -0.4 is 10.6 Å². The van der Waals surface area contributed by atoms with E-state index in [4.69, 9.17) is 16.1 Å². The van der Waals surface area contributed by atoms with Crippen molar-refractivity contribution in [3.05, 3.63) is 41.0 Å². The molecule has 2 amide bonds. The highest BCUT2D eigenvalue weighted by Crippen LogP contribution is 2.18. The van der Waals surface area contributed by atoms with Gasteiger partial charge in [-0.25, -0.2) is 9.48 Å². The maximum Gasteiger partial charge on any atom is 0.315 e. The fourth-order valence-electron chi connectivity index (χ4n) is 2.27. The molecule has 1 atom stereocenters. The Morgan fingerprint density at radius 2 is 2.12 bits per heavy atom. The van der Waals surface area contributed by atoms with Crippen molar-refractivity contribution < 1.29 is 9.32 Å². The summed E-state index contributed by atoms with van der Waals surface area (Å²) in [5, 5.41) is 21.2. The molecule has 1 aromatic carbocycles. The second-order valence-electron chi connectivity index (χ2n) is 5.55. The van der Waals surface area contributed by atoms with Crippen molar-refractivity contribution in [2.24, 2.45) is 7.05 Å². The van der Waals surface area contributed by atoms with E-state index < -0.39 is 0 Å². The fraction of sp³-hybridized carbons (Fsp3) is 0.333. The Balaban J connectivity index is 1.47. The smallest absolute Gasteiger partial charge is 0.315 e. The average molecular weight is 377 g/mol. The van der Waals surface area contributed by atoms with Crippen molar-refractivity contribution in [2.45, 2.75) is 19.4 Å². The Bertz CT molecular complexity index is 876. The molecular weight excluding hydrogens is 360 g/mol. The van der Waals surface area contributed by atoms with Crippen molar-refractivity contribution in [2.75, 3.05) is 6.54 Å². The van der Waals surface area contributed by atoms with E-state index in [0.717, 1.165) is 5.56 Å². The van der Waals surface area contributed by atoms with Gasteiger partial charge in [0.25, 0.3) is 0 Å². The number of carbonyl (C=O) groups is 1. The molecule has 0 fully saturated rings. The quantitative estimate of drug-likeness (QED) is 0.668. The minimum Gasteiger partial charge on any atom is -0.339 e. The van der Waals surface area contributed by atoms with Crippen molar-refractivity contribution >= 4 is 17.6 Å². The lowest BCUT2D eigenvalue weighted by atomic mass is 10.2. The summed E-state index contributed by atoms with van der Waals surface area (Å²) in [7, 11) is 1.71. The zero-order valence-electron chi connectivity index (χ0n) is 14.2. The summed E-state index contributed by atoms with van der Waals surface area (Å²) >= 11 is 5.86. The van der Waals surface area contributed by atoms with Crippen LogP contribution in [0.2, 0.25) is 5.02 Å². The van der Waals surface area contributed by atoms with E-state index >= 15 is 0 Å². The first-order valence-electron chi connectivity index (χ1n) is 7.88. The number of tetrazole rings is 1. The van der Waals surface area contributed by atoms with Crippen LogP contribution in [0.15, 0.2) is 28.8 Å². The predicted octanol–water partition coefficient (Wildman–Crippen LogP) is 1.52. The molecule has 0 aliphatic rings. The van der Waals surface area contributed by atoms with Gasteiger partial charge in [-0.1, -0.05) is 16.8 Å². The number of nitrogens with one attached hydrogen (secondary N) is 2. The number of hydrogen-bond acceptors (Lipinski definition) is 7. The summed E-state index contributed by atoms with van der Waals surface area (Å²) in [6, 6.07) is 6.48. The third-order valence-electron chi connectivity index (χ3n) is 3.58. The third-order valence-corrected chi connectivity index (χ3v) is 3.83. The van der Waals surface area contributed by atoms with Gasteiger partial charge in [0.05, 0.1) is 6.04 Å². The van der Waals surface area contributed by atoms with Crippen LogP contribution >= 0.6 is 11.6 Å². The molecule has 0 spiro atoms. The number of benzene rings is 1. The van der Waals surface area contributed by atoms with Crippen LogP contribution in [0.4, 0.5) is 4.79 Å². The highest BCUT2D eigenvalue weighted by molar-refractivity contribution is 6.30. The predicted molar refractivity (Wildman–Crippen MR) is 92.2 cm³/mol. The van der Waals surface area contributed by atoms with Gasteiger partial charge in [-0.05, 0) is 41.6 Å². The number of aryl methyl sites for hydroxylation is 1. The van der Waals surface area contributed by atoms with Gasteiger partial charge in [-0.15, -0.1) is 5.10 Å². The molecule has 0 bridgehead atoms. The SMILES string of the molecule is CC(NC(=O)NCCc1nc(-c2ccc(Cl)cc2)no1)c1nnnn1C. The molecular formula is C15H17ClN8O2. The molecule has 2 aromatic heterocycles. The molecule has 3 aromatic rings. The third kappa shape index (κ3) is 4.33. The van der Waals surface area contributed by atoms with E-state index in [1.165, 1.54) is 4.68 Å². The monoisotopic (exact) mass is 376 g/mol. The maximum atomic E-state index is 11.9. The second kappa shape index (κ2) is 7.91. The van der Waals surface area contributed by atoms with E-state index in [1.807, 2.05) is 12.1 Å². The molecule has 2 heterocycles. The first kappa shape index (κ1) is 17.8. The molecule has 0 radical (unpaired) electrons. The van der Waals surface area contributed by atoms with Crippen LogP contribution in [0, 0.1) is 0 Å². The summed E-state index contributed by atoms with van der Waals surface area (Å²) in [6.45, 7) is 2.14. The summed E-state index contributed by atoms with van der Waals surface area (Å²) in [5.41, 5.74) is 0.807. The molecule has 10 nitrogen and oxygen atoms in total. The number of halogens is 1. The van der Waals surface area contributed by atoms with Gasteiger partial charge in [-0.3, -0.25) is 0 Å². The number of amides is 2. The van der Waals surface area contributed by atoms with E-state index in [0.29, 0.717) is 35.5 Å². The molecule has 26 heavy (non-hydrogen) atoms. The standard InChI is InChI=1S/C15H17ClN8O2/c1-9(14-20-22-23-24(14)2)18-15(25)17-8-7-12-19-13(21-26-12)10-3-5-11(16)6-4-10/h3-6,9H,7-8H2,1-2H3,(H2,17,18,25). The summed E-state index contributed by atoms with van der Waals surface area (Å²) in [6.07, 6.45) is 0.411. The number of urea groups is 1. The van der Waals surface area contributed by atoms with Gasteiger partial charge in [0, 0.05) is 30.6 Å². The van der Waals surface area contributed by atoms with Gasteiger partial charge in [0.2, 0.25) is 11.7 Å². The lowest BCUT2D eigenvalue weighted by Crippen LogP contribution is -2.38. The van der Waals surface area contributed by atoms with E-state index in [2.05, 4.69) is 36.3 Å². The zero-order valence-corrected chi connectivity index (χ0v) is 14.9. The zero-order chi connectivity index (χ0) is 18.5. The van der Waals surface area contributed by atoms with Crippen LogP contribution in [0.1, 0.15) is 24.7 Å². The minimum atomic E-state index is -0.335. The van der Waals surface area contributed by atoms with Gasteiger partial charge in [0.15, 0.2) is 5.82 Å². The van der Waals surface area contributed by atoms with E-state index in [9.17, 15) is 4.79 Å². The van der Waals surface area contributed by atoms with Crippen molar-refractivity contribution in [3.8, 4) is 11.4 Å². The molecule has 0 saturated heterocycles. The minimum absolute atomic E-state index is 0.324. The van der Waals surface area contributed by atoms with Gasteiger partial charge >= 0.3 is 6.03 Å². The topological polar surface area (TPSA) is 124 Å². The van der Waals surface area contributed by atoms with Crippen molar-refractivity contribution in [1.82, 2.24) is 41.0 Å². The van der Waals surface area contributed by atoms with Gasteiger partial charge in [-0.2, -0.15) is 4.98 Å². The van der Waals surface area contributed by atoms with Crippen molar-refractivity contribution in [3.63, 3.8) is 0 Å². The van der Waals surface area contributed by atoms with Crippen LogP contribution in [0.25, 0.3) is 11.4 Å². The molecule has 1 unspecified atom stereocenters. The summed E-state index contributed by atoms with van der Waals surface area (Å²) in [5.74, 6) is 1.47. The first-order chi connectivity index (χ1) is 12.5. The van der Waals surface area contributed by atoms with Crippen LogP contribution in [-0.4, -0.2) is 42.9 Å². The molecule has 136 valence electrons. The Morgan fingerprint density at radius 3 is 2.81 bits per heavy atom. The normalized spacial score (nSPS) is 12.0. The largest absolute Gasteiger partial charge is 0.339 e. The fourth-order valence-corrected chi connectivity index (χ4v) is 2.40. The summed E-state index contributed by atoms with van der Waals surface area (Å²) in [4.78, 5) is 16.2. The second-order valence-corrected chi connectivity index (χ2v) is 5.99. The Morgan fingerprint density at radius 1 is 1.35 bits per heavy atom. The van der Waals surface area contributed by atoms with Crippen molar-refractivity contribution in [1.29, 1.82) is 0 Å². The molecule has 0 aliphatic heterocycles. The van der Waals surface area contributed by atoms with Gasteiger partial charge in [0.1, 0.15) is 0 Å². The molecule has 3 rings (SSSR count). The average Bonchev–Trinajstić information content (AvgIpc) is 3.24. The highest BCUT2D eigenvalue weighted by Gasteiger charge is 2.15. The Labute approximate surface area is 153 Å². The molecule has 0 aliphatic carbocycles. The molecule has 0 saturated carbocycles. The lowest BCUT2D eigenvalue weighted by Gasteiger charge is -2.12. The maximum absolute atomic E-state index is 11.9. The Hall–Kier alpha value is -3.01.